The summed E-state index contributed by atoms with van der Waals surface area (Å²) in [4.78, 5) is 43.6. The van der Waals surface area contributed by atoms with Crippen LogP contribution in [0.4, 0.5) is 0 Å². The number of oxime groups is 1. The van der Waals surface area contributed by atoms with Gasteiger partial charge >= 0.3 is 5.97 Å². The van der Waals surface area contributed by atoms with Gasteiger partial charge < -0.3 is 19.0 Å². The Kier molecular flexibility index (Phi) is 8.58. The van der Waals surface area contributed by atoms with Crippen LogP contribution < -0.4 is 0 Å². The summed E-state index contributed by atoms with van der Waals surface area (Å²) in [5.41, 5.74) is 0.663. The Morgan fingerprint density at radius 1 is 0.816 bits per heavy atom. The van der Waals surface area contributed by atoms with Gasteiger partial charge in [0.1, 0.15) is 12.7 Å². The van der Waals surface area contributed by atoms with Gasteiger partial charge in [-0.05, 0) is 43.3 Å². The van der Waals surface area contributed by atoms with Crippen molar-refractivity contribution in [2.45, 2.75) is 67.3 Å². The summed E-state index contributed by atoms with van der Waals surface area (Å²) in [6.07, 6.45) is -0.328. The Labute approximate surface area is 224 Å². The highest BCUT2D eigenvalue weighted by atomic mass is 16.8. The molecule has 8 heteroatoms. The molecule has 1 unspecified atom stereocenters. The first kappa shape index (κ1) is 29.2. The van der Waals surface area contributed by atoms with Crippen LogP contribution in [0, 0.1) is 10.8 Å². The van der Waals surface area contributed by atoms with Gasteiger partial charge in [-0.15, -0.1) is 0 Å². The fourth-order valence-corrected chi connectivity index (χ4v) is 3.69. The van der Waals surface area contributed by atoms with Gasteiger partial charge in [-0.25, -0.2) is 4.79 Å². The van der Waals surface area contributed by atoms with E-state index in [9.17, 15) is 14.4 Å². The van der Waals surface area contributed by atoms with E-state index in [2.05, 4.69) is 5.16 Å². The predicted molar refractivity (Wildman–Crippen MR) is 143 cm³/mol. The summed E-state index contributed by atoms with van der Waals surface area (Å²) in [6, 6.07) is 12.9. The lowest BCUT2D eigenvalue weighted by Crippen LogP contribution is -2.24. The van der Waals surface area contributed by atoms with Crippen LogP contribution >= 0.6 is 0 Å². The Morgan fingerprint density at radius 2 is 1.26 bits per heavy atom. The molecule has 1 fully saturated rings. The zero-order chi connectivity index (χ0) is 28.3. The molecule has 8 nitrogen and oxygen atoms in total. The highest BCUT2D eigenvalue weighted by Crippen LogP contribution is 2.24. The number of rotatable bonds is 7. The van der Waals surface area contributed by atoms with Crippen LogP contribution in [0.3, 0.4) is 0 Å². The highest BCUT2D eigenvalue weighted by Gasteiger charge is 2.33. The van der Waals surface area contributed by atoms with Crippen LogP contribution in [-0.2, 0) is 19.0 Å². The highest BCUT2D eigenvalue weighted by molar-refractivity contribution is 6.06. The normalized spacial score (nSPS) is 17.7. The second kappa shape index (κ2) is 11.2. The lowest BCUT2D eigenvalue weighted by atomic mass is 9.86. The van der Waals surface area contributed by atoms with E-state index in [1.165, 1.54) is 12.1 Å². The summed E-state index contributed by atoms with van der Waals surface area (Å²) in [5, 5.41) is 4.07. The van der Waals surface area contributed by atoms with Crippen molar-refractivity contribution >= 4 is 23.4 Å². The van der Waals surface area contributed by atoms with E-state index >= 15 is 0 Å². The van der Waals surface area contributed by atoms with Crippen LogP contribution in [0.25, 0.3) is 0 Å². The molecule has 204 valence electrons. The fraction of sp³-hybridized carbons (Fsp3) is 0.467. The van der Waals surface area contributed by atoms with Gasteiger partial charge in [-0.2, -0.15) is 0 Å². The quantitative estimate of drug-likeness (QED) is 0.148. The number of ether oxygens (including phenoxy) is 3. The third-order valence-corrected chi connectivity index (χ3v) is 5.80. The number of carbonyl (C=O) groups is 3. The SMILES string of the molecule is CC1(C)OCC(CON=C(OC(=O)c2ccc(C(=O)C(C)(C)C)cc2)c2ccc(C(=O)C(C)(C)C)cc2)O1. The molecule has 0 bridgehead atoms. The molecule has 1 atom stereocenters. The molecule has 0 radical (unpaired) electrons. The second-order valence-electron chi connectivity index (χ2n) is 11.8. The first-order valence-electron chi connectivity index (χ1n) is 12.6. The molecule has 38 heavy (non-hydrogen) atoms. The van der Waals surface area contributed by atoms with E-state index in [1.54, 1.807) is 36.4 Å². The minimum absolute atomic E-state index is 0.0123. The molecule has 2 aromatic rings. The third kappa shape index (κ3) is 7.58. The Hall–Kier alpha value is -3.36. The number of hydrogen-bond donors (Lipinski definition) is 0. The summed E-state index contributed by atoms with van der Waals surface area (Å²) in [5.74, 6) is -1.49. The predicted octanol–water partition coefficient (Wildman–Crippen LogP) is 5.83. The molecule has 0 aromatic heterocycles. The van der Waals surface area contributed by atoms with Crippen LogP contribution in [0.1, 0.15) is 92.0 Å². The number of hydrogen-bond acceptors (Lipinski definition) is 8. The van der Waals surface area contributed by atoms with E-state index in [1.807, 2.05) is 55.4 Å². The van der Waals surface area contributed by atoms with Crippen LogP contribution in [0.5, 0.6) is 0 Å². The molecular formula is C30H37NO7. The number of nitrogens with zero attached hydrogens (tertiary/aromatic N) is 1. The van der Waals surface area contributed by atoms with Crippen molar-refractivity contribution in [3.05, 3.63) is 70.8 Å². The molecule has 1 aliphatic heterocycles. The lowest BCUT2D eigenvalue weighted by Gasteiger charge is -2.17. The van der Waals surface area contributed by atoms with Gasteiger partial charge in [-0.3, -0.25) is 9.59 Å². The van der Waals surface area contributed by atoms with Gasteiger partial charge in [0.15, 0.2) is 17.4 Å². The fourth-order valence-electron chi connectivity index (χ4n) is 3.69. The van der Waals surface area contributed by atoms with Crippen molar-refractivity contribution in [2.75, 3.05) is 13.2 Å². The Bertz CT molecular complexity index is 1200. The molecule has 0 N–H and O–H groups in total. The third-order valence-electron chi connectivity index (χ3n) is 5.80. The summed E-state index contributed by atoms with van der Waals surface area (Å²) < 4.78 is 16.9. The summed E-state index contributed by atoms with van der Waals surface area (Å²) >= 11 is 0. The van der Waals surface area contributed by atoms with Gasteiger partial charge in [0.2, 0.25) is 0 Å². The Balaban J connectivity index is 1.80. The zero-order valence-corrected chi connectivity index (χ0v) is 23.4. The van der Waals surface area contributed by atoms with Crippen molar-refractivity contribution in [3.8, 4) is 0 Å². The smallest absolute Gasteiger partial charge is 0.344 e. The zero-order valence-electron chi connectivity index (χ0n) is 23.4. The molecule has 1 saturated heterocycles. The minimum Gasteiger partial charge on any atom is -0.400 e. The maximum Gasteiger partial charge on any atom is 0.344 e. The number of carbonyl (C=O) groups excluding carboxylic acids is 3. The van der Waals surface area contributed by atoms with Gasteiger partial charge in [0.25, 0.3) is 5.90 Å². The van der Waals surface area contributed by atoms with Gasteiger partial charge in [0, 0.05) is 27.5 Å². The van der Waals surface area contributed by atoms with Crippen LogP contribution in [-0.4, -0.2) is 48.5 Å². The van der Waals surface area contributed by atoms with E-state index in [-0.39, 0.29) is 35.7 Å². The first-order chi connectivity index (χ1) is 17.6. The second-order valence-corrected chi connectivity index (χ2v) is 11.8. The summed E-state index contributed by atoms with van der Waals surface area (Å²) in [6.45, 7) is 15.1. The molecule has 1 aliphatic rings. The largest absolute Gasteiger partial charge is 0.400 e. The summed E-state index contributed by atoms with van der Waals surface area (Å²) in [7, 11) is 0. The topological polar surface area (TPSA) is 100 Å². The maximum atomic E-state index is 13.0. The molecule has 1 heterocycles. The molecule has 0 saturated carbocycles. The average Bonchev–Trinajstić information content (AvgIpc) is 3.19. The first-order valence-corrected chi connectivity index (χ1v) is 12.6. The van der Waals surface area contributed by atoms with E-state index in [0.717, 1.165) is 0 Å². The monoisotopic (exact) mass is 523 g/mol. The molecular weight excluding hydrogens is 486 g/mol. The van der Waals surface area contributed by atoms with Crippen LogP contribution in [0.15, 0.2) is 53.7 Å². The van der Waals surface area contributed by atoms with Crippen LogP contribution in [0.2, 0.25) is 0 Å². The number of benzene rings is 2. The van der Waals surface area contributed by atoms with Crippen molar-refractivity contribution in [2.24, 2.45) is 16.0 Å². The van der Waals surface area contributed by atoms with E-state index in [0.29, 0.717) is 23.3 Å². The van der Waals surface area contributed by atoms with Gasteiger partial charge in [0.05, 0.1) is 12.2 Å². The number of Topliss-reactive ketones (excluding diaryl/α,β-unsaturated/α-hetero) is 2. The minimum atomic E-state index is -0.705. The number of ketones is 2. The molecule has 0 spiro atoms. The standard InChI is InChI=1S/C30H37NO7/c1-28(2,3)24(32)19-9-13-21(14-10-19)26(31-36-18-23-17-35-30(7,8)38-23)37-27(34)22-15-11-20(12-16-22)25(33)29(4,5)6/h9-16,23H,17-18H2,1-8H3. The van der Waals surface area contributed by atoms with E-state index in [4.69, 9.17) is 19.0 Å². The van der Waals surface area contributed by atoms with Crippen molar-refractivity contribution in [1.29, 1.82) is 0 Å². The lowest BCUT2D eigenvalue weighted by molar-refractivity contribution is -0.145. The molecule has 0 amide bonds. The molecule has 2 aromatic carbocycles. The average molecular weight is 524 g/mol. The van der Waals surface area contributed by atoms with E-state index < -0.39 is 22.6 Å². The molecule has 3 rings (SSSR count). The number of esters is 1. The maximum absolute atomic E-state index is 13.0. The van der Waals surface area contributed by atoms with Crippen molar-refractivity contribution < 1.29 is 33.4 Å². The van der Waals surface area contributed by atoms with Gasteiger partial charge in [-0.1, -0.05) is 65.8 Å². The Morgan fingerprint density at radius 3 is 1.68 bits per heavy atom. The molecule has 0 aliphatic carbocycles. The van der Waals surface area contributed by atoms with Crippen molar-refractivity contribution in [3.63, 3.8) is 0 Å². The van der Waals surface area contributed by atoms with Crippen molar-refractivity contribution in [1.82, 2.24) is 0 Å².